The van der Waals surface area contributed by atoms with Gasteiger partial charge < -0.3 is 14.6 Å². The maximum Gasteiger partial charge on any atom is 0.140 e. The maximum atomic E-state index is 10.4. The lowest BCUT2D eigenvalue weighted by molar-refractivity contribution is 0.0439. The van der Waals surface area contributed by atoms with Gasteiger partial charge in [-0.3, -0.25) is 9.58 Å². The summed E-state index contributed by atoms with van der Waals surface area (Å²) in [6.45, 7) is 20.7. The third-order valence-corrected chi connectivity index (χ3v) is 10.8. The van der Waals surface area contributed by atoms with Crippen LogP contribution in [0.25, 0.3) is 16.6 Å². The van der Waals surface area contributed by atoms with E-state index in [9.17, 15) is 5.11 Å². The van der Waals surface area contributed by atoms with Gasteiger partial charge in [-0.25, -0.2) is 4.98 Å². The van der Waals surface area contributed by atoms with Crippen molar-refractivity contribution in [1.29, 1.82) is 0 Å². The first-order valence-electron chi connectivity index (χ1n) is 14.4. The van der Waals surface area contributed by atoms with Gasteiger partial charge in [-0.05, 0) is 73.5 Å². The van der Waals surface area contributed by atoms with Crippen LogP contribution in [0.3, 0.4) is 0 Å². The van der Waals surface area contributed by atoms with Gasteiger partial charge in [0.2, 0.25) is 0 Å². The Kier molecular flexibility index (Phi) is 9.86. The Hall–Kier alpha value is -2.44. The highest BCUT2D eigenvalue weighted by atomic mass is 35.5. The van der Waals surface area contributed by atoms with Gasteiger partial charge in [-0.15, -0.1) is 0 Å². The van der Waals surface area contributed by atoms with Crippen molar-refractivity contribution in [2.45, 2.75) is 71.9 Å². The molecule has 1 aliphatic rings. The summed E-state index contributed by atoms with van der Waals surface area (Å²) >= 11 is 6.43. The van der Waals surface area contributed by atoms with E-state index in [1.807, 2.05) is 49.2 Å². The van der Waals surface area contributed by atoms with E-state index in [4.69, 9.17) is 31.2 Å². The first kappa shape index (κ1) is 31.5. The Bertz CT molecular complexity index is 1430. The predicted molar refractivity (Wildman–Crippen MR) is 177 cm³/mol. The summed E-state index contributed by atoms with van der Waals surface area (Å²) in [4.78, 5) is 5.05. The molecular weight excluding hydrogens is 568 g/mol. The molecule has 4 rings (SSSR count). The number of rotatable bonds is 12. The van der Waals surface area contributed by atoms with E-state index in [1.165, 1.54) is 0 Å². The summed E-state index contributed by atoms with van der Waals surface area (Å²) < 4.78 is 14.5. The molecule has 2 aromatic carbocycles. The quantitative estimate of drug-likeness (QED) is 0.167. The Labute approximate surface area is 251 Å². The minimum absolute atomic E-state index is 0.315. The number of fused-ring (bicyclic) bond motifs is 1. The molecule has 7 nitrogen and oxygen atoms in total. The molecule has 0 aliphatic carbocycles. The van der Waals surface area contributed by atoms with Crippen LogP contribution < -0.4 is 0 Å². The van der Waals surface area contributed by atoms with Crippen LogP contribution in [0.4, 0.5) is 0 Å². The lowest BCUT2D eigenvalue weighted by atomic mass is 10.00. The summed E-state index contributed by atoms with van der Waals surface area (Å²) in [5.41, 5.74) is 6.23. The largest absolute Gasteiger partial charge is 0.507 e. The van der Waals surface area contributed by atoms with Gasteiger partial charge in [0.1, 0.15) is 25.0 Å². The van der Waals surface area contributed by atoms with Crippen molar-refractivity contribution in [3.05, 3.63) is 63.9 Å². The SMILES string of the molecule is Cc1cc(C2=NN(COCC[Si](C)(C)C)CC(c3nc4ccc(Cl)cc4n3COCC[Si](C)(C)C)=C2)cc(C)c1O. The van der Waals surface area contributed by atoms with Crippen LogP contribution in [0.1, 0.15) is 22.5 Å². The van der Waals surface area contributed by atoms with Crippen LogP contribution in [0.5, 0.6) is 5.75 Å². The Morgan fingerprint density at radius 1 is 0.902 bits per heavy atom. The number of hydrogen-bond donors (Lipinski definition) is 1. The molecule has 222 valence electrons. The molecule has 41 heavy (non-hydrogen) atoms. The van der Waals surface area contributed by atoms with E-state index in [0.717, 1.165) is 63.5 Å². The average Bonchev–Trinajstić information content (AvgIpc) is 3.23. The van der Waals surface area contributed by atoms with Gasteiger partial charge in [0.05, 0.1) is 23.3 Å². The normalized spacial score (nSPS) is 14.5. The summed E-state index contributed by atoms with van der Waals surface area (Å²) in [7, 11) is -2.42. The van der Waals surface area contributed by atoms with Crippen molar-refractivity contribution in [3.63, 3.8) is 0 Å². The predicted octanol–water partition coefficient (Wildman–Crippen LogP) is 7.74. The van der Waals surface area contributed by atoms with Gasteiger partial charge in [0.25, 0.3) is 0 Å². The highest BCUT2D eigenvalue weighted by molar-refractivity contribution is 6.76. The van der Waals surface area contributed by atoms with Gasteiger partial charge in [-0.2, -0.15) is 5.10 Å². The number of imidazole rings is 1. The second-order valence-electron chi connectivity index (χ2n) is 13.5. The second kappa shape index (κ2) is 12.8. The molecule has 0 saturated carbocycles. The first-order chi connectivity index (χ1) is 19.2. The highest BCUT2D eigenvalue weighted by Crippen LogP contribution is 2.30. The fourth-order valence-corrected chi connectivity index (χ4v) is 6.31. The number of halogens is 1. The average molecular weight is 613 g/mol. The zero-order chi connectivity index (χ0) is 29.9. The number of nitrogens with zero attached hydrogens (tertiary/aromatic N) is 4. The van der Waals surface area contributed by atoms with Gasteiger partial charge in [-0.1, -0.05) is 50.9 Å². The minimum atomic E-state index is -1.22. The van der Waals surface area contributed by atoms with Crippen molar-refractivity contribution < 1.29 is 14.6 Å². The molecule has 3 aromatic rings. The molecule has 0 fully saturated rings. The van der Waals surface area contributed by atoms with Crippen LogP contribution in [-0.4, -0.2) is 68.0 Å². The standard InChI is InChI=1S/C31H45ClN4O3Si2/c1-22-15-24(16-23(2)30(22)37)28-17-25(19-35(34-28)20-38-11-13-40(3,4)5)31-33-27-10-9-26(32)18-29(27)36(31)21-39-12-14-41(6,7)8/h9-10,15-18,37H,11-14,19-21H2,1-8H3. The number of aromatic hydroxyl groups is 1. The fraction of sp³-hybridized carbons (Fsp3) is 0.484. The number of allylic oxidation sites excluding steroid dienone is 1. The molecule has 1 aromatic heterocycles. The molecule has 0 saturated heterocycles. The van der Waals surface area contributed by atoms with Crippen LogP contribution in [0.2, 0.25) is 56.4 Å². The minimum Gasteiger partial charge on any atom is -0.507 e. The molecule has 2 heterocycles. The summed E-state index contributed by atoms with van der Waals surface area (Å²) in [5, 5.41) is 18.0. The molecule has 1 N–H and O–H groups in total. The molecule has 0 radical (unpaired) electrons. The Balaban J connectivity index is 1.71. The topological polar surface area (TPSA) is 72.1 Å². The lowest BCUT2D eigenvalue weighted by Crippen LogP contribution is -2.30. The third-order valence-electron chi connectivity index (χ3n) is 7.15. The number of hydrazone groups is 1. The van der Waals surface area contributed by atoms with Crippen LogP contribution in [0, 0.1) is 13.8 Å². The van der Waals surface area contributed by atoms with Crippen molar-refractivity contribution in [1.82, 2.24) is 14.6 Å². The second-order valence-corrected chi connectivity index (χ2v) is 25.1. The van der Waals surface area contributed by atoms with Crippen molar-refractivity contribution in [2.24, 2.45) is 5.10 Å². The van der Waals surface area contributed by atoms with Crippen LogP contribution in [-0.2, 0) is 16.2 Å². The molecule has 0 amide bonds. The monoisotopic (exact) mass is 612 g/mol. The molecule has 1 aliphatic heterocycles. The number of phenolic OH excluding ortho intramolecular Hbond substituents is 1. The van der Waals surface area contributed by atoms with E-state index in [-0.39, 0.29) is 0 Å². The van der Waals surface area contributed by atoms with Crippen LogP contribution >= 0.6 is 11.6 Å². The number of ether oxygens (including phenoxy) is 2. The molecule has 0 atom stereocenters. The zero-order valence-electron chi connectivity index (χ0n) is 25.8. The summed E-state index contributed by atoms with van der Waals surface area (Å²) in [6, 6.07) is 11.9. The van der Waals surface area contributed by atoms with Crippen LogP contribution in [0.15, 0.2) is 41.5 Å². The summed E-state index contributed by atoms with van der Waals surface area (Å²) in [5.74, 6) is 1.15. The van der Waals surface area contributed by atoms with Gasteiger partial charge in [0, 0.05) is 45.5 Å². The maximum absolute atomic E-state index is 10.4. The molecule has 0 bridgehead atoms. The fourth-order valence-electron chi connectivity index (χ4n) is 4.63. The molecule has 0 spiro atoms. The lowest BCUT2D eigenvalue weighted by Gasteiger charge is -2.27. The van der Waals surface area contributed by atoms with E-state index in [1.54, 1.807) is 0 Å². The Morgan fingerprint density at radius 2 is 1.51 bits per heavy atom. The van der Waals surface area contributed by atoms with Crippen molar-refractivity contribution in [3.8, 4) is 5.75 Å². The van der Waals surface area contributed by atoms with E-state index in [0.29, 0.717) is 37.4 Å². The number of aryl methyl sites for hydroxylation is 2. The van der Waals surface area contributed by atoms with E-state index >= 15 is 0 Å². The number of phenols is 1. The number of benzene rings is 2. The molecule has 10 heteroatoms. The highest BCUT2D eigenvalue weighted by Gasteiger charge is 2.23. The Morgan fingerprint density at radius 3 is 2.12 bits per heavy atom. The van der Waals surface area contributed by atoms with E-state index in [2.05, 4.69) is 49.9 Å². The van der Waals surface area contributed by atoms with Crippen molar-refractivity contribution in [2.75, 3.05) is 26.5 Å². The van der Waals surface area contributed by atoms with Crippen molar-refractivity contribution >= 4 is 50.1 Å². The smallest absolute Gasteiger partial charge is 0.140 e. The number of hydrogen-bond acceptors (Lipinski definition) is 6. The number of aromatic nitrogens is 2. The summed E-state index contributed by atoms with van der Waals surface area (Å²) in [6.07, 6.45) is 2.10. The van der Waals surface area contributed by atoms with E-state index < -0.39 is 16.1 Å². The first-order valence-corrected chi connectivity index (χ1v) is 22.2. The zero-order valence-corrected chi connectivity index (χ0v) is 28.6. The molecule has 0 unspecified atom stereocenters. The third kappa shape index (κ3) is 8.55. The molecular formula is C31H45ClN4O3Si2. The van der Waals surface area contributed by atoms with Gasteiger partial charge in [0.15, 0.2) is 0 Å². The van der Waals surface area contributed by atoms with Gasteiger partial charge >= 0.3 is 0 Å².